The van der Waals surface area contributed by atoms with Gasteiger partial charge in [-0.15, -0.1) is 0 Å². The Labute approximate surface area is 94.0 Å². The summed E-state index contributed by atoms with van der Waals surface area (Å²) >= 11 is 0. The number of rotatable bonds is 5. The number of benzene rings is 1. The van der Waals surface area contributed by atoms with Crippen LogP contribution in [-0.2, 0) is 6.42 Å². The molecule has 82 valence electrons. The molecule has 0 heterocycles. The van der Waals surface area contributed by atoms with Crippen LogP contribution in [0, 0.1) is 5.41 Å². The maximum atomic E-state index is 4.11. The van der Waals surface area contributed by atoms with Crippen LogP contribution in [0.2, 0.25) is 0 Å². The van der Waals surface area contributed by atoms with Gasteiger partial charge >= 0.3 is 0 Å². The molecular formula is C15H22. The van der Waals surface area contributed by atoms with E-state index in [0.717, 1.165) is 6.42 Å². The molecule has 0 amide bonds. The van der Waals surface area contributed by atoms with Crippen molar-refractivity contribution in [3.8, 4) is 0 Å². The third-order valence-electron chi connectivity index (χ3n) is 3.62. The minimum Gasteiger partial charge on any atom is -0.0996 e. The van der Waals surface area contributed by atoms with Crippen molar-refractivity contribution in [3.63, 3.8) is 0 Å². The fourth-order valence-electron chi connectivity index (χ4n) is 1.76. The Balaban J connectivity index is 2.59. The second-order valence-corrected chi connectivity index (χ2v) is 4.68. The van der Waals surface area contributed by atoms with Gasteiger partial charge in [-0.25, -0.2) is 0 Å². The van der Waals surface area contributed by atoms with Crippen LogP contribution in [0.5, 0.6) is 0 Å². The molecule has 1 aromatic rings. The lowest BCUT2D eigenvalue weighted by Crippen LogP contribution is -2.17. The van der Waals surface area contributed by atoms with Crippen molar-refractivity contribution < 1.29 is 0 Å². The molecule has 0 aliphatic carbocycles. The van der Waals surface area contributed by atoms with Crippen molar-refractivity contribution in [2.75, 3.05) is 0 Å². The molecule has 15 heavy (non-hydrogen) atoms. The van der Waals surface area contributed by atoms with E-state index in [2.05, 4.69) is 57.7 Å². The summed E-state index contributed by atoms with van der Waals surface area (Å²) in [5.74, 6) is 0. The SMILES string of the molecule is C=C(C)[C@@](C)(CC)CCc1ccccc1. The molecule has 0 unspecified atom stereocenters. The average molecular weight is 202 g/mol. The quantitative estimate of drug-likeness (QED) is 0.612. The van der Waals surface area contributed by atoms with Crippen LogP contribution in [0.4, 0.5) is 0 Å². The zero-order valence-electron chi connectivity index (χ0n) is 10.2. The molecule has 0 heteroatoms. The largest absolute Gasteiger partial charge is 0.0996 e. The van der Waals surface area contributed by atoms with Gasteiger partial charge in [0.1, 0.15) is 0 Å². The van der Waals surface area contributed by atoms with Crippen LogP contribution in [-0.4, -0.2) is 0 Å². The summed E-state index contributed by atoms with van der Waals surface area (Å²) in [6.45, 7) is 10.8. The molecule has 0 saturated carbocycles. The van der Waals surface area contributed by atoms with Crippen LogP contribution < -0.4 is 0 Å². The van der Waals surface area contributed by atoms with Gasteiger partial charge in [0.25, 0.3) is 0 Å². The Kier molecular flexibility index (Phi) is 4.14. The van der Waals surface area contributed by atoms with Gasteiger partial charge in [0.15, 0.2) is 0 Å². The van der Waals surface area contributed by atoms with Crippen LogP contribution in [0.25, 0.3) is 0 Å². The van der Waals surface area contributed by atoms with E-state index in [1.807, 2.05) is 0 Å². The first-order valence-corrected chi connectivity index (χ1v) is 5.78. The van der Waals surface area contributed by atoms with E-state index in [-0.39, 0.29) is 0 Å². The van der Waals surface area contributed by atoms with Crippen molar-refractivity contribution in [1.82, 2.24) is 0 Å². The highest BCUT2D eigenvalue weighted by Crippen LogP contribution is 2.34. The van der Waals surface area contributed by atoms with Gasteiger partial charge in [-0.1, -0.05) is 56.3 Å². The highest BCUT2D eigenvalue weighted by atomic mass is 14.3. The van der Waals surface area contributed by atoms with Gasteiger partial charge in [0.2, 0.25) is 0 Å². The van der Waals surface area contributed by atoms with Gasteiger partial charge in [-0.2, -0.15) is 0 Å². The molecule has 0 aliphatic rings. The number of allylic oxidation sites excluding steroid dienone is 1. The first-order valence-electron chi connectivity index (χ1n) is 5.78. The lowest BCUT2D eigenvalue weighted by Gasteiger charge is -2.29. The molecule has 0 spiro atoms. The van der Waals surface area contributed by atoms with Crippen molar-refractivity contribution in [2.45, 2.75) is 40.0 Å². The lowest BCUT2D eigenvalue weighted by molar-refractivity contribution is 0.352. The topological polar surface area (TPSA) is 0 Å². The number of aryl methyl sites for hydroxylation is 1. The summed E-state index contributed by atoms with van der Waals surface area (Å²) in [5, 5.41) is 0. The molecule has 0 nitrogen and oxygen atoms in total. The summed E-state index contributed by atoms with van der Waals surface area (Å²) in [6.07, 6.45) is 3.52. The van der Waals surface area contributed by atoms with E-state index < -0.39 is 0 Å². The third-order valence-corrected chi connectivity index (χ3v) is 3.62. The van der Waals surface area contributed by atoms with Crippen molar-refractivity contribution >= 4 is 0 Å². The third kappa shape index (κ3) is 3.23. The predicted octanol–water partition coefficient (Wildman–Crippen LogP) is 4.61. The van der Waals surface area contributed by atoms with Crippen LogP contribution in [0.3, 0.4) is 0 Å². The minimum atomic E-state index is 0.301. The Morgan fingerprint density at radius 1 is 1.27 bits per heavy atom. The number of hydrogen-bond donors (Lipinski definition) is 0. The van der Waals surface area contributed by atoms with E-state index in [4.69, 9.17) is 0 Å². The molecule has 1 aromatic carbocycles. The molecule has 0 saturated heterocycles. The van der Waals surface area contributed by atoms with Gasteiger partial charge in [0, 0.05) is 0 Å². The predicted molar refractivity (Wildman–Crippen MR) is 68.0 cm³/mol. The van der Waals surface area contributed by atoms with Crippen molar-refractivity contribution in [1.29, 1.82) is 0 Å². The molecule has 0 aromatic heterocycles. The van der Waals surface area contributed by atoms with Gasteiger partial charge in [-0.3, -0.25) is 0 Å². The monoisotopic (exact) mass is 202 g/mol. The molecule has 0 radical (unpaired) electrons. The maximum Gasteiger partial charge on any atom is -0.0121 e. The molecular weight excluding hydrogens is 180 g/mol. The van der Waals surface area contributed by atoms with E-state index in [9.17, 15) is 0 Å². The van der Waals surface area contributed by atoms with E-state index >= 15 is 0 Å². The normalized spacial score (nSPS) is 14.6. The Morgan fingerprint density at radius 3 is 2.33 bits per heavy atom. The molecule has 0 N–H and O–H groups in total. The van der Waals surface area contributed by atoms with Gasteiger partial charge in [-0.05, 0) is 37.2 Å². The summed E-state index contributed by atoms with van der Waals surface area (Å²) in [4.78, 5) is 0. The Bertz CT molecular complexity index is 310. The Hall–Kier alpha value is -1.04. The van der Waals surface area contributed by atoms with Crippen LogP contribution in [0.1, 0.15) is 39.2 Å². The first-order chi connectivity index (χ1) is 7.08. The zero-order chi connectivity index (χ0) is 11.3. The van der Waals surface area contributed by atoms with E-state index in [1.165, 1.54) is 24.0 Å². The van der Waals surface area contributed by atoms with Crippen LogP contribution >= 0.6 is 0 Å². The van der Waals surface area contributed by atoms with Gasteiger partial charge in [0.05, 0.1) is 0 Å². The molecule has 1 rings (SSSR count). The smallest absolute Gasteiger partial charge is 0.0121 e. The first kappa shape index (κ1) is 12.0. The highest BCUT2D eigenvalue weighted by molar-refractivity contribution is 5.16. The second-order valence-electron chi connectivity index (χ2n) is 4.68. The Morgan fingerprint density at radius 2 is 1.87 bits per heavy atom. The standard InChI is InChI=1S/C15H22/c1-5-15(4,13(2)3)12-11-14-9-7-6-8-10-14/h6-10H,2,5,11-12H2,1,3-4H3/t15-/m0/s1. The van der Waals surface area contributed by atoms with Crippen molar-refractivity contribution in [3.05, 3.63) is 48.0 Å². The fourth-order valence-corrected chi connectivity index (χ4v) is 1.76. The average Bonchev–Trinajstić information content (AvgIpc) is 2.27. The molecule has 0 fully saturated rings. The summed E-state index contributed by atoms with van der Waals surface area (Å²) in [7, 11) is 0. The zero-order valence-corrected chi connectivity index (χ0v) is 10.2. The summed E-state index contributed by atoms with van der Waals surface area (Å²) in [6, 6.07) is 10.7. The van der Waals surface area contributed by atoms with E-state index in [1.54, 1.807) is 0 Å². The lowest BCUT2D eigenvalue weighted by atomic mass is 9.76. The highest BCUT2D eigenvalue weighted by Gasteiger charge is 2.22. The molecule has 0 bridgehead atoms. The maximum absolute atomic E-state index is 4.11. The summed E-state index contributed by atoms with van der Waals surface area (Å²) < 4.78 is 0. The molecule has 0 aliphatic heterocycles. The second kappa shape index (κ2) is 5.16. The number of hydrogen-bond acceptors (Lipinski definition) is 0. The van der Waals surface area contributed by atoms with Gasteiger partial charge < -0.3 is 0 Å². The summed E-state index contributed by atoms with van der Waals surface area (Å²) in [5.41, 5.74) is 3.04. The molecule has 1 atom stereocenters. The fraction of sp³-hybridized carbons (Fsp3) is 0.467. The van der Waals surface area contributed by atoms with Crippen molar-refractivity contribution in [2.24, 2.45) is 5.41 Å². The minimum absolute atomic E-state index is 0.301. The van der Waals surface area contributed by atoms with E-state index in [0.29, 0.717) is 5.41 Å². The van der Waals surface area contributed by atoms with Crippen LogP contribution in [0.15, 0.2) is 42.5 Å².